The van der Waals surface area contributed by atoms with E-state index in [1.54, 1.807) is 12.1 Å². The molecule has 2 rings (SSSR count). The Labute approximate surface area is 107 Å². The van der Waals surface area contributed by atoms with E-state index < -0.39 is 0 Å². The van der Waals surface area contributed by atoms with Crippen LogP contribution >= 0.6 is 0 Å². The van der Waals surface area contributed by atoms with Crippen LogP contribution in [0.5, 0.6) is 11.5 Å². The molecule has 0 radical (unpaired) electrons. The molecule has 2 aromatic carbocycles. The lowest BCUT2D eigenvalue weighted by atomic mass is 10.1. The first kappa shape index (κ1) is 12.7. The normalized spacial score (nSPS) is 11.1. The Morgan fingerprint density at radius 3 is 2.56 bits per heavy atom. The number of rotatable bonds is 5. The van der Waals surface area contributed by atoms with Gasteiger partial charge in [-0.3, -0.25) is 0 Å². The molecule has 2 aromatic rings. The molecule has 0 saturated heterocycles. The van der Waals surface area contributed by atoms with Gasteiger partial charge in [-0.2, -0.15) is 0 Å². The van der Waals surface area contributed by atoms with E-state index in [-0.39, 0.29) is 11.9 Å². The fourth-order valence-electron chi connectivity index (χ4n) is 1.75. The second kappa shape index (κ2) is 5.74. The van der Waals surface area contributed by atoms with Gasteiger partial charge in [0.1, 0.15) is 18.1 Å². The van der Waals surface area contributed by atoms with E-state index in [9.17, 15) is 5.11 Å². The summed E-state index contributed by atoms with van der Waals surface area (Å²) < 4.78 is 11.0. The fourth-order valence-corrected chi connectivity index (χ4v) is 1.75. The van der Waals surface area contributed by atoms with E-state index in [0.717, 1.165) is 16.5 Å². The molecule has 0 aliphatic heterocycles. The van der Waals surface area contributed by atoms with Gasteiger partial charge in [-0.15, -0.1) is 0 Å². The Bertz CT molecular complexity index is 520. The Morgan fingerprint density at radius 2 is 1.78 bits per heavy atom. The van der Waals surface area contributed by atoms with Gasteiger partial charge in [0.15, 0.2) is 0 Å². The third kappa shape index (κ3) is 3.37. The van der Waals surface area contributed by atoms with Crippen LogP contribution in [-0.2, 0) is 4.74 Å². The van der Waals surface area contributed by atoms with Gasteiger partial charge in [-0.05, 0) is 48.9 Å². The van der Waals surface area contributed by atoms with Gasteiger partial charge in [-0.1, -0.05) is 12.1 Å². The van der Waals surface area contributed by atoms with Crippen LogP contribution in [0.4, 0.5) is 0 Å². The summed E-state index contributed by atoms with van der Waals surface area (Å²) in [6, 6.07) is 11.1. The lowest BCUT2D eigenvalue weighted by molar-refractivity contribution is 0.0553. The highest BCUT2D eigenvalue weighted by Gasteiger charge is 1.99. The molecule has 0 saturated carbocycles. The van der Waals surface area contributed by atoms with E-state index in [0.29, 0.717) is 13.2 Å². The second-order valence-electron chi connectivity index (χ2n) is 4.46. The second-order valence-corrected chi connectivity index (χ2v) is 4.46. The molecular formula is C15H18O3. The lowest BCUT2D eigenvalue weighted by Crippen LogP contribution is -2.11. The van der Waals surface area contributed by atoms with E-state index in [4.69, 9.17) is 9.47 Å². The van der Waals surface area contributed by atoms with Crippen LogP contribution in [0.2, 0.25) is 0 Å². The van der Waals surface area contributed by atoms with E-state index in [1.807, 2.05) is 38.1 Å². The van der Waals surface area contributed by atoms with Crippen molar-refractivity contribution >= 4 is 10.8 Å². The molecule has 1 N–H and O–H groups in total. The Hall–Kier alpha value is -1.74. The zero-order chi connectivity index (χ0) is 13.0. The summed E-state index contributed by atoms with van der Waals surface area (Å²) in [5.41, 5.74) is 0. The standard InChI is InChI=1S/C15H18O3/c1-11(2)17-7-8-18-15-6-4-12-3-5-14(16)9-13(12)10-15/h3-6,9-11,16H,7-8H2,1-2H3. The highest BCUT2D eigenvalue weighted by atomic mass is 16.5. The summed E-state index contributed by atoms with van der Waals surface area (Å²) in [6.45, 7) is 5.11. The van der Waals surface area contributed by atoms with Crippen LogP contribution in [0.3, 0.4) is 0 Å². The number of hydrogen-bond acceptors (Lipinski definition) is 3. The van der Waals surface area contributed by atoms with Crippen molar-refractivity contribution in [2.45, 2.75) is 20.0 Å². The summed E-state index contributed by atoms with van der Waals surface area (Å²) in [4.78, 5) is 0. The van der Waals surface area contributed by atoms with Crippen LogP contribution in [0.15, 0.2) is 36.4 Å². The van der Waals surface area contributed by atoms with Crippen LogP contribution < -0.4 is 4.74 Å². The van der Waals surface area contributed by atoms with Gasteiger partial charge < -0.3 is 14.6 Å². The Kier molecular flexibility index (Phi) is 4.05. The quantitative estimate of drug-likeness (QED) is 0.822. The van der Waals surface area contributed by atoms with Gasteiger partial charge in [-0.25, -0.2) is 0 Å². The van der Waals surface area contributed by atoms with Gasteiger partial charge in [0, 0.05) is 0 Å². The molecule has 0 atom stereocenters. The molecule has 0 aliphatic carbocycles. The largest absolute Gasteiger partial charge is 0.508 e. The highest BCUT2D eigenvalue weighted by molar-refractivity contribution is 5.85. The number of phenols is 1. The number of fused-ring (bicyclic) bond motifs is 1. The van der Waals surface area contributed by atoms with Gasteiger partial charge in [0.2, 0.25) is 0 Å². The van der Waals surface area contributed by atoms with Crippen molar-refractivity contribution in [3.05, 3.63) is 36.4 Å². The number of benzene rings is 2. The maximum Gasteiger partial charge on any atom is 0.120 e. The highest BCUT2D eigenvalue weighted by Crippen LogP contribution is 2.24. The minimum atomic E-state index is 0.224. The number of ether oxygens (including phenoxy) is 2. The maximum atomic E-state index is 9.44. The summed E-state index contributed by atoms with van der Waals surface area (Å²) in [5.74, 6) is 1.06. The molecule has 0 fully saturated rings. The third-order valence-electron chi connectivity index (χ3n) is 2.60. The molecule has 3 nitrogen and oxygen atoms in total. The first-order chi connectivity index (χ1) is 8.65. The van der Waals surface area contributed by atoms with Gasteiger partial charge in [0.25, 0.3) is 0 Å². The molecule has 0 unspecified atom stereocenters. The molecular weight excluding hydrogens is 228 g/mol. The van der Waals surface area contributed by atoms with Gasteiger partial charge >= 0.3 is 0 Å². The van der Waals surface area contributed by atoms with Crippen molar-refractivity contribution in [2.24, 2.45) is 0 Å². The van der Waals surface area contributed by atoms with E-state index >= 15 is 0 Å². The van der Waals surface area contributed by atoms with Crippen molar-refractivity contribution in [3.8, 4) is 11.5 Å². The van der Waals surface area contributed by atoms with E-state index in [2.05, 4.69) is 0 Å². The smallest absolute Gasteiger partial charge is 0.120 e. The number of aromatic hydroxyl groups is 1. The first-order valence-electron chi connectivity index (χ1n) is 6.12. The van der Waals surface area contributed by atoms with Crippen molar-refractivity contribution in [1.82, 2.24) is 0 Å². The van der Waals surface area contributed by atoms with Crippen molar-refractivity contribution in [3.63, 3.8) is 0 Å². The zero-order valence-corrected chi connectivity index (χ0v) is 10.7. The maximum absolute atomic E-state index is 9.44. The lowest BCUT2D eigenvalue weighted by Gasteiger charge is -2.10. The molecule has 0 spiro atoms. The molecule has 0 aromatic heterocycles. The Balaban J connectivity index is 2.01. The number of hydrogen-bond donors (Lipinski definition) is 1. The molecule has 0 heterocycles. The SMILES string of the molecule is CC(C)OCCOc1ccc2ccc(O)cc2c1. The molecule has 3 heteroatoms. The molecule has 0 bridgehead atoms. The summed E-state index contributed by atoms with van der Waals surface area (Å²) in [5, 5.41) is 11.5. The average molecular weight is 246 g/mol. The van der Waals surface area contributed by atoms with Crippen molar-refractivity contribution in [2.75, 3.05) is 13.2 Å². The van der Waals surface area contributed by atoms with Crippen LogP contribution in [0.1, 0.15) is 13.8 Å². The molecule has 96 valence electrons. The predicted molar refractivity (Wildman–Crippen MR) is 72.2 cm³/mol. The monoisotopic (exact) mass is 246 g/mol. The molecule has 18 heavy (non-hydrogen) atoms. The predicted octanol–water partition coefficient (Wildman–Crippen LogP) is 3.35. The van der Waals surface area contributed by atoms with Crippen LogP contribution in [0, 0.1) is 0 Å². The molecule has 0 aliphatic rings. The first-order valence-corrected chi connectivity index (χ1v) is 6.12. The average Bonchev–Trinajstić information content (AvgIpc) is 2.34. The minimum absolute atomic E-state index is 0.224. The van der Waals surface area contributed by atoms with Gasteiger partial charge in [0.05, 0.1) is 12.7 Å². The molecule has 0 amide bonds. The summed E-state index contributed by atoms with van der Waals surface area (Å²) in [7, 11) is 0. The Morgan fingerprint density at radius 1 is 1.00 bits per heavy atom. The third-order valence-corrected chi connectivity index (χ3v) is 2.60. The van der Waals surface area contributed by atoms with Crippen molar-refractivity contribution in [1.29, 1.82) is 0 Å². The fraction of sp³-hybridized carbons (Fsp3) is 0.333. The van der Waals surface area contributed by atoms with Crippen LogP contribution in [-0.4, -0.2) is 24.4 Å². The topological polar surface area (TPSA) is 38.7 Å². The number of phenolic OH excluding ortho intramolecular Hbond substituents is 1. The minimum Gasteiger partial charge on any atom is -0.508 e. The zero-order valence-electron chi connectivity index (χ0n) is 10.7. The summed E-state index contributed by atoms with van der Waals surface area (Å²) >= 11 is 0. The summed E-state index contributed by atoms with van der Waals surface area (Å²) in [6.07, 6.45) is 0.224. The van der Waals surface area contributed by atoms with E-state index in [1.165, 1.54) is 0 Å². The van der Waals surface area contributed by atoms with Crippen LogP contribution in [0.25, 0.3) is 10.8 Å². The van der Waals surface area contributed by atoms with Crippen molar-refractivity contribution < 1.29 is 14.6 Å².